The molecule has 1 amide bonds. The van der Waals surface area contributed by atoms with E-state index in [1.165, 1.54) is 4.68 Å². The lowest BCUT2D eigenvalue weighted by molar-refractivity contribution is -0.125. The number of aryl methyl sites for hydroxylation is 1. The molecule has 0 unspecified atom stereocenters. The second-order valence-electron chi connectivity index (χ2n) is 7.43. The lowest BCUT2D eigenvalue weighted by Gasteiger charge is -2.18. The van der Waals surface area contributed by atoms with Crippen LogP contribution >= 0.6 is 11.3 Å². The molecule has 0 aliphatic carbocycles. The fourth-order valence-electron chi connectivity index (χ4n) is 3.95. The highest BCUT2D eigenvalue weighted by molar-refractivity contribution is 7.26. The number of hydrogen-bond acceptors (Lipinski definition) is 6. The van der Waals surface area contributed by atoms with Gasteiger partial charge in [-0.05, 0) is 25.5 Å². The highest BCUT2D eigenvalue weighted by Gasteiger charge is 2.24. The molecule has 7 nitrogen and oxygen atoms in total. The maximum absolute atomic E-state index is 13.4. The standard InChI is InChI=1S/C24H25N3O4S/c1-5-17(23(28)25-13-15-9-8-11-18(30-3)21(15)31-4)27-24(29)20-16-10-6-7-12-19(16)32-22(20)14(2)26-27/h6-12,17H,5,13H2,1-4H3,(H,25,28)/t17-/m1/s1. The van der Waals surface area contributed by atoms with Crippen molar-refractivity contribution in [3.05, 3.63) is 64.1 Å². The van der Waals surface area contributed by atoms with Crippen LogP contribution in [0, 0.1) is 6.92 Å². The Balaban J connectivity index is 1.68. The predicted molar refractivity (Wildman–Crippen MR) is 127 cm³/mol. The minimum Gasteiger partial charge on any atom is -0.493 e. The number of nitrogens with one attached hydrogen (secondary N) is 1. The normalized spacial score (nSPS) is 12.1. The van der Waals surface area contributed by atoms with Gasteiger partial charge >= 0.3 is 0 Å². The molecule has 1 N–H and O–H groups in total. The van der Waals surface area contributed by atoms with Crippen LogP contribution in [0.4, 0.5) is 0 Å². The summed E-state index contributed by atoms with van der Waals surface area (Å²) >= 11 is 1.55. The maximum Gasteiger partial charge on any atom is 0.276 e. The summed E-state index contributed by atoms with van der Waals surface area (Å²) in [4.78, 5) is 26.5. The van der Waals surface area contributed by atoms with Gasteiger partial charge in [0.2, 0.25) is 5.91 Å². The highest BCUT2D eigenvalue weighted by atomic mass is 32.1. The van der Waals surface area contributed by atoms with Crippen molar-refractivity contribution < 1.29 is 14.3 Å². The van der Waals surface area contributed by atoms with Crippen molar-refractivity contribution in [2.45, 2.75) is 32.9 Å². The van der Waals surface area contributed by atoms with Crippen molar-refractivity contribution in [3.8, 4) is 11.5 Å². The predicted octanol–water partition coefficient (Wildman–Crippen LogP) is 4.20. The molecule has 2 aromatic carbocycles. The first kappa shape index (κ1) is 21.8. The molecule has 0 radical (unpaired) electrons. The summed E-state index contributed by atoms with van der Waals surface area (Å²) in [5.74, 6) is 0.889. The number of thiophene rings is 1. The van der Waals surface area contributed by atoms with Crippen molar-refractivity contribution in [1.29, 1.82) is 0 Å². The lowest BCUT2D eigenvalue weighted by Crippen LogP contribution is -2.38. The smallest absolute Gasteiger partial charge is 0.276 e. The monoisotopic (exact) mass is 451 g/mol. The average molecular weight is 452 g/mol. The van der Waals surface area contributed by atoms with Crippen molar-refractivity contribution in [3.63, 3.8) is 0 Å². The topological polar surface area (TPSA) is 82.4 Å². The molecular weight excluding hydrogens is 426 g/mol. The van der Waals surface area contributed by atoms with Gasteiger partial charge in [0.05, 0.1) is 30.0 Å². The number of para-hydroxylation sites is 1. The molecule has 0 fully saturated rings. The molecule has 0 spiro atoms. The molecule has 166 valence electrons. The van der Waals surface area contributed by atoms with E-state index in [2.05, 4.69) is 10.4 Å². The van der Waals surface area contributed by atoms with E-state index in [4.69, 9.17) is 9.47 Å². The van der Waals surface area contributed by atoms with Crippen LogP contribution in [0.1, 0.15) is 30.6 Å². The summed E-state index contributed by atoms with van der Waals surface area (Å²) in [7, 11) is 3.13. The summed E-state index contributed by atoms with van der Waals surface area (Å²) in [6.45, 7) is 3.99. The van der Waals surface area contributed by atoms with Gasteiger partial charge < -0.3 is 14.8 Å². The summed E-state index contributed by atoms with van der Waals surface area (Å²) in [5, 5.41) is 8.96. The van der Waals surface area contributed by atoms with E-state index in [9.17, 15) is 9.59 Å². The molecule has 0 saturated carbocycles. The number of hydrogen-bond donors (Lipinski definition) is 1. The minimum absolute atomic E-state index is 0.243. The third kappa shape index (κ3) is 3.71. The Morgan fingerprint density at radius 3 is 2.66 bits per heavy atom. The molecule has 2 aromatic heterocycles. The third-order valence-electron chi connectivity index (χ3n) is 5.53. The Kier molecular flexibility index (Phi) is 6.14. The molecule has 8 heteroatoms. The zero-order chi connectivity index (χ0) is 22.8. The zero-order valence-electron chi connectivity index (χ0n) is 18.5. The van der Waals surface area contributed by atoms with Gasteiger partial charge in [-0.3, -0.25) is 9.59 Å². The number of benzene rings is 2. The van der Waals surface area contributed by atoms with Crippen LogP contribution in [-0.4, -0.2) is 29.9 Å². The Morgan fingerprint density at radius 2 is 1.94 bits per heavy atom. The number of carbonyl (C=O) groups is 1. The largest absolute Gasteiger partial charge is 0.493 e. The zero-order valence-corrected chi connectivity index (χ0v) is 19.3. The second kappa shape index (κ2) is 9.00. The first-order valence-electron chi connectivity index (χ1n) is 10.4. The molecule has 32 heavy (non-hydrogen) atoms. The number of carbonyl (C=O) groups excluding carboxylic acids is 1. The summed E-state index contributed by atoms with van der Waals surface area (Å²) in [5.41, 5.74) is 1.27. The SMILES string of the molecule is CC[C@H](C(=O)NCc1cccc(OC)c1OC)n1nc(C)c2sc3ccccc3c2c1=O. The van der Waals surface area contributed by atoms with Crippen molar-refractivity contribution in [2.75, 3.05) is 14.2 Å². The molecule has 4 aromatic rings. The van der Waals surface area contributed by atoms with Gasteiger partial charge in [-0.2, -0.15) is 5.10 Å². The molecule has 2 heterocycles. The Labute approximate surface area is 189 Å². The number of aromatic nitrogens is 2. The number of amides is 1. The van der Waals surface area contributed by atoms with E-state index in [-0.39, 0.29) is 18.0 Å². The van der Waals surface area contributed by atoms with E-state index in [0.717, 1.165) is 26.0 Å². The molecule has 0 aliphatic heterocycles. The second-order valence-corrected chi connectivity index (χ2v) is 8.48. The number of ether oxygens (including phenoxy) is 2. The quantitative estimate of drug-likeness (QED) is 0.455. The van der Waals surface area contributed by atoms with Gasteiger partial charge in [-0.25, -0.2) is 4.68 Å². The fourth-order valence-corrected chi connectivity index (χ4v) is 5.09. The van der Waals surface area contributed by atoms with Crippen LogP contribution in [0.3, 0.4) is 0 Å². The highest BCUT2D eigenvalue weighted by Crippen LogP contribution is 2.33. The molecule has 0 bridgehead atoms. The van der Waals surface area contributed by atoms with Gasteiger partial charge in [0, 0.05) is 22.2 Å². The first-order chi connectivity index (χ1) is 15.5. The van der Waals surface area contributed by atoms with Gasteiger partial charge in [0.15, 0.2) is 11.5 Å². The lowest BCUT2D eigenvalue weighted by atomic mass is 10.1. The van der Waals surface area contributed by atoms with E-state index >= 15 is 0 Å². The van der Waals surface area contributed by atoms with Gasteiger partial charge in [-0.1, -0.05) is 37.3 Å². The number of fused-ring (bicyclic) bond motifs is 3. The van der Waals surface area contributed by atoms with E-state index in [1.807, 2.05) is 50.2 Å². The number of nitrogens with zero attached hydrogens (tertiary/aromatic N) is 2. The number of methoxy groups -OCH3 is 2. The molecular formula is C24H25N3O4S. The Morgan fingerprint density at radius 1 is 1.16 bits per heavy atom. The Bertz CT molecular complexity index is 1360. The van der Waals surface area contributed by atoms with Crippen LogP contribution in [0.15, 0.2) is 47.3 Å². The van der Waals surface area contributed by atoms with Gasteiger partial charge in [0.25, 0.3) is 5.56 Å². The summed E-state index contributed by atoms with van der Waals surface area (Å²) in [6.07, 6.45) is 0.432. The molecule has 0 aliphatic rings. The molecule has 1 atom stereocenters. The van der Waals surface area contributed by atoms with Crippen LogP contribution in [-0.2, 0) is 11.3 Å². The van der Waals surface area contributed by atoms with E-state index in [0.29, 0.717) is 23.3 Å². The van der Waals surface area contributed by atoms with Crippen LogP contribution < -0.4 is 20.3 Å². The Hall–Kier alpha value is -3.39. The van der Waals surface area contributed by atoms with Crippen molar-refractivity contribution >= 4 is 37.4 Å². The molecule has 0 saturated heterocycles. The maximum atomic E-state index is 13.4. The van der Waals surface area contributed by atoms with Crippen LogP contribution in [0.5, 0.6) is 11.5 Å². The summed E-state index contributed by atoms with van der Waals surface area (Å²) in [6, 6.07) is 12.6. The van der Waals surface area contributed by atoms with Crippen molar-refractivity contribution in [1.82, 2.24) is 15.1 Å². The fraction of sp³-hybridized carbons (Fsp3) is 0.292. The summed E-state index contributed by atoms with van der Waals surface area (Å²) < 4.78 is 14.0. The van der Waals surface area contributed by atoms with Crippen molar-refractivity contribution in [2.24, 2.45) is 0 Å². The number of rotatable bonds is 7. The first-order valence-corrected chi connectivity index (χ1v) is 11.2. The molecule has 4 rings (SSSR count). The van der Waals surface area contributed by atoms with E-state index < -0.39 is 6.04 Å². The average Bonchev–Trinajstić information content (AvgIpc) is 3.21. The van der Waals surface area contributed by atoms with Gasteiger partial charge in [0.1, 0.15) is 6.04 Å². The third-order valence-corrected chi connectivity index (χ3v) is 6.81. The van der Waals surface area contributed by atoms with E-state index in [1.54, 1.807) is 31.6 Å². The van der Waals surface area contributed by atoms with Gasteiger partial charge in [-0.15, -0.1) is 11.3 Å². The van der Waals surface area contributed by atoms with Crippen LogP contribution in [0.25, 0.3) is 20.2 Å². The van der Waals surface area contributed by atoms with Crippen LogP contribution in [0.2, 0.25) is 0 Å². The minimum atomic E-state index is -0.721.